The summed E-state index contributed by atoms with van der Waals surface area (Å²) in [5.74, 6) is 1.98. The number of benzene rings is 3. The van der Waals surface area contributed by atoms with Gasteiger partial charge >= 0.3 is 0 Å². The maximum absolute atomic E-state index is 6.05. The Morgan fingerprint density at radius 2 is 1.88 bits per heavy atom. The van der Waals surface area contributed by atoms with Gasteiger partial charge in [0.1, 0.15) is 6.61 Å². The number of hydrazone groups is 1. The van der Waals surface area contributed by atoms with Gasteiger partial charge in [-0.3, -0.25) is 0 Å². The highest BCUT2D eigenvalue weighted by atomic mass is 79.9. The second-order valence-electron chi connectivity index (χ2n) is 7.22. The maximum atomic E-state index is 6.05. The number of aryl methyl sites for hydroxylation is 1. The van der Waals surface area contributed by atoms with Gasteiger partial charge in [0.2, 0.25) is 5.95 Å². The number of nitrogens with one attached hydrogen (secondary N) is 1. The number of hydrogen-bond donors (Lipinski definition) is 1. The minimum atomic E-state index is 0.401. The topological polar surface area (TPSA) is 60.7 Å². The Hall–Kier alpha value is -3.03. The van der Waals surface area contributed by atoms with Crippen LogP contribution < -0.4 is 14.9 Å². The molecule has 170 valence electrons. The van der Waals surface area contributed by atoms with Gasteiger partial charge in [-0.25, -0.2) is 10.4 Å². The molecule has 8 heteroatoms. The first-order valence-electron chi connectivity index (χ1n) is 10.7. The Labute approximate surface area is 206 Å². The van der Waals surface area contributed by atoms with E-state index in [4.69, 9.17) is 21.1 Å². The summed E-state index contributed by atoms with van der Waals surface area (Å²) in [6.07, 6.45) is 1.73. The lowest BCUT2D eigenvalue weighted by Gasteiger charge is -2.14. The molecule has 0 bridgehead atoms. The van der Waals surface area contributed by atoms with Gasteiger partial charge in [-0.1, -0.05) is 35.9 Å². The third-order valence-corrected chi connectivity index (χ3v) is 5.82. The van der Waals surface area contributed by atoms with Gasteiger partial charge in [-0.15, -0.1) is 0 Å². The number of rotatable bonds is 9. The number of halogens is 2. The van der Waals surface area contributed by atoms with Crippen LogP contribution in [-0.2, 0) is 13.2 Å². The van der Waals surface area contributed by atoms with Crippen molar-refractivity contribution in [1.82, 2.24) is 9.55 Å². The number of ether oxygens (including phenoxy) is 2. The van der Waals surface area contributed by atoms with Gasteiger partial charge in [0, 0.05) is 11.6 Å². The zero-order valence-electron chi connectivity index (χ0n) is 18.4. The van der Waals surface area contributed by atoms with E-state index in [0.717, 1.165) is 33.2 Å². The Balaban J connectivity index is 1.52. The summed E-state index contributed by atoms with van der Waals surface area (Å²) in [4.78, 5) is 4.63. The molecule has 0 saturated heterocycles. The van der Waals surface area contributed by atoms with Crippen LogP contribution in [0.15, 0.2) is 70.2 Å². The molecular formula is C25H24BrClN4O2. The molecule has 0 aliphatic carbocycles. The lowest BCUT2D eigenvalue weighted by molar-refractivity contribution is 0.267. The summed E-state index contributed by atoms with van der Waals surface area (Å²) < 4.78 is 14.8. The number of aromatic nitrogens is 2. The van der Waals surface area contributed by atoms with Crippen molar-refractivity contribution in [2.75, 3.05) is 12.0 Å². The molecule has 0 aliphatic heterocycles. The molecule has 0 radical (unpaired) electrons. The van der Waals surface area contributed by atoms with Crippen LogP contribution in [-0.4, -0.2) is 22.4 Å². The Kier molecular flexibility index (Phi) is 7.52. The number of nitrogens with zero attached hydrogens (tertiary/aromatic N) is 3. The summed E-state index contributed by atoms with van der Waals surface area (Å²) in [5, 5.41) is 5.10. The van der Waals surface area contributed by atoms with Crippen molar-refractivity contribution in [3.05, 3.63) is 81.3 Å². The van der Waals surface area contributed by atoms with Gasteiger partial charge in [0.15, 0.2) is 11.5 Å². The summed E-state index contributed by atoms with van der Waals surface area (Å²) in [5.41, 5.74) is 6.94. The molecular weight excluding hydrogens is 504 g/mol. The van der Waals surface area contributed by atoms with E-state index in [1.165, 1.54) is 0 Å². The first kappa shape index (κ1) is 23.1. The fraction of sp³-hybridized carbons (Fsp3) is 0.200. The van der Waals surface area contributed by atoms with Crippen molar-refractivity contribution in [1.29, 1.82) is 0 Å². The number of imidazole rings is 1. The van der Waals surface area contributed by atoms with Crippen LogP contribution in [0.4, 0.5) is 5.95 Å². The highest BCUT2D eigenvalue weighted by molar-refractivity contribution is 9.10. The zero-order chi connectivity index (χ0) is 23.2. The molecule has 0 fully saturated rings. The van der Waals surface area contributed by atoms with Gasteiger partial charge in [-0.05, 0) is 77.3 Å². The molecule has 6 nitrogen and oxygen atoms in total. The second kappa shape index (κ2) is 10.7. The third kappa shape index (κ3) is 5.49. The minimum Gasteiger partial charge on any atom is -0.490 e. The average Bonchev–Trinajstić information content (AvgIpc) is 3.17. The van der Waals surface area contributed by atoms with Gasteiger partial charge in [0.05, 0.1) is 28.3 Å². The molecule has 0 atom stereocenters. The summed E-state index contributed by atoms with van der Waals surface area (Å²) >= 11 is 9.58. The molecule has 33 heavy (non-hydrogen) atoms. The predicted octanol–water partition coefficient (Wildman–Crippen LogP) is 6.90. The predicted molar refractivity (Wildman–Crippen MR) is 138 cm³/mol. The smallest absolute Gasteiger partial charge is 0.224 e. The van der Waals surface area contributed by atoms with Crippen molar-refractivity contribution in [3.8, 4) is 11.5 Å². The molecule has 1 N–H and O–H groups in total. The molecule has 0 spiro atoms. The third-order valence-electron chi connectivity index (χ3n) is 4.98. The van der Waals surface area contributed by atoms with Crippen LogP contribution >= 0.6 is 27.5 Å². The van der Waals surface area contributed by atoms with Crippen LogP contribution in [0.2, 0.25) is 5.02 Å². The summed E-state index contributed by atoms with van der Waals surface area (Å²) in [7, 11) is 0. The highest BCUT2D eigenvalue weighted by Crippen LogP contribution is 2.37. The van der Waals surface area contributed by atoms with Crippen LogP contribution in [0.5, 0.6) is 11.5 Å². The lowest BCUT2D eigenvalue weighted by Crippen LogP contribution is -2.03. The second-order valence-corrected chi connectivity index (χ2v) is 8.51. The van der Waals surface area contributed by atoms with Crippen LogP contribution in [0.25, 0.3) is 11.0 Å². The molecule has 0 amide bonds. The maximum Gasteiger partial charge on any atom is 0.224 e. The van der Waals surface area contributed by atoms with Gasteiger partial charge in [0.25, 0.3) is 0 Å². The fourth-order valence-electron chi connectivity index (χ4n) is 3.45. The lowest BCUT2D eigenvalue weighted by atomic mass is 10.2. The van der Waals surface area contributed by atoms with Crippen molar-refractivity contribution < 1.29 is 9.47 Å². The molecule has 0 saturated carbocycles. The van der Waals surface area contributed by atoms with E-state index in [1.807, 2.05) is 61.5 Å². The van der Waals surface area contributed by atoms with E-state index in [1.54, 1.807) is 6.21 Å². The zero-order valence-corrected chi connectivity index (χ0v) is 20.7. The first-order chi connectivity index (χ1) is 16.1. The van der Waals surface area contributed by atoms with E-state index in [9.17, 15) is 0 Å². The largest absolute Gasteiger partial charge is 0.490 e. The molecule has 3 aromatic carbocycles. The standard InChI is InChI=1S/C25H24BrClN4O2/c1-3-31-22-8-6-5-7-21(22)29-25(31)30-28-15-18-13-20(26)24(23(14-18)32-4-2)33-16-17-9-11-19(27)12-10-17/h5-15H,3-4,16H2,1-2H3,(H,29,30)/b28-15-. The van der Waals surface area contributed by atoms with E-state index in [2.05, 4.69) is 49.0 Å². The van der Waals surface area contributed by atoms with Crippen molar-refractivity contribution in [3.63, 3.8) is 0 Å². The van der Waals surface area contributed by atoms with E-state index in [-0.39, 0.29) is 0 Å². The van der Waals surface area contributed by atoms with E-state index in [0.29, 0.717) is 35.7 Å². The number of fused-ring (bicyclic) bond motifs is 1. The van der Waals surface area contributed by atoms with Gasteiger partial charge < -0.3 is 14.0 Å². The molecule has 1 heterocycles. The minimum absolute atomic E-state index is 0.401. The molecule has 4 rings (SSSR count). The monoisotopic (exact) mass is 526 g/mol. The van der Waals surface area contributed by atoms with Crippen molar-refractivity contribution >= 4 is 50.7 Å². The Bertz CT molecular complexity index is 1270. The molecule has 1 aromatic heterocycles. The Morgan fingerprint density at radius 3 is 2.64 bits per heavy atom. The van der Waals surface area contributed by atoms with Gasteiger partial charge in [-0.2, -0.15) is 5.10 Å². The van der Waals surface area contributed by atoms with Crippen LogP contribution in [0.1, 0.15) is 25.0 Å². The average molecular weight is 528 g/mol. The SMILES string of the molecule is CCOc1cc(/C=N\Nc2nc3ccccc3n2CC)cc(Br)c1OCc1ccc(Cl)cc1. The summed E-state index contributed by atoms with van der Waals surface area (Å²) in [6.45, 7) is 5.73. The Morgan fingerprint density at radius 1 is 1.09 bits per heavy atom. The van der Waals surface area contributed by atoms with Crippen molar-refractivity contribution in [2.45, 2.75) is 27.0 Å². The first-order valence-corrected chi connectivity index (χ1v) is 11.8. The normalized spacial score (nSPS) is 11.3. The quantitative estimate of drug-likeness (QED) is 0.190. The van der Waals surface area contributed by atoms with Crippen LogP contribution in [0, 0.1) is 0 Å². The van der Waals surface area contributed by atoms with Crippen LogP contribution in [0.3, 0.4) is 0 Å². The molecule has 0 aliphatic rings. The van der Waals surface area contributed by atoms with Crippen molar-refractivity contribution in [2.24, 2.45) is 5.10 Å². The molecule has 4 aromatic rings. The van der Waals surface area contributed by atoms with E-state index < -0.39 is 0 Å². The fourth-order valence-corrected chi connectivity index (χ4v) is 4.15. The number of para-hydroxylation sites is 2. The van der Waals surface area contributed by atoms with E-state index >= 15 is 0 Å². The number of anilines is 1. The summed E-state index contributed by atoms with van der Waals surface area (Å²) in [6, 6.07) is 19.4. The highest BCUT2D eigenvalue weighted by Gasteiger charge is 2.13. The molecule has 0 unspecified atom stereocenters. The number of hydrogen-bond acceptors (Lipinski definition) is 5.